The van der Waals surface area contributed by atoms with Crippen molar-refractivity contribution in [3.05, 3.63) is 41.7 Å². The van der Waals surface area contributed by atoms with Crippen molar-refractivity contribution in [3.8, 4) is 0 Å². The first-order chi connectivity index (χ1) is 8.08. The molecule has 0 radical (unpaired) electrons. The summed E-state index contributed by atoms with van der Waals surface area (Å²) in [5, 5.41) is 5.63. The molecular formula is C10H7F2N3O2. The number of aromatic nitrogens is 1. The number of carbonyl (C=O) groups is 1. The van der Waals surface area contributed by atoms with Crippen LogP contribution in [0.1, 0.15) is 10.4 Å². The summed E-state index contributed by atoms with van der Waals surface area (Å²) in [7, 11) is 0. The van der Waals surface area contributed by atoms with Gasteiger partial charge >= 0.3 is 0 Å². The Morgan fingerprint density at radius 3 is 2.82 bits per heavy atom. The third kappa shape index (κ3) is 2.22. The van der Waals surface area contributed by atoms with Crippen LogP contribution in [0.3, 0.4) is 0 Å². The average Bonchev–Trinajstić information content (AvgIpc) is 2.76. The highest BCUT2D eigenvalue weighted by Crippen LogP contribution is 2.18. The number of nitrogens with two attached hydrogens (primary N) is 1. The summed E-state index contributed by atoms with van der Waals surface area (Å²) in [4.78, 5) is 11.6. The molecule has 3 N–H and O–H groups in total. The van der Waals surface area contributed by atoms with Gasteiger partial charge in [-0.05, 0) is 12.1 Å². The van der Waals surface area contributed by atoms with Crippen LogP contribution < -0.4 is 11.1 Å². The van der Waals surface area contributed by atoms with E-state index in [9.17, 15) is 13.6 Å². The molecule has 1 aromatic carbocycles. The number of nitrogens with one attached hydrogen (secondary N) is 1. The molecule has 1 heterocycles. The fraction of sp³-hybridized carbons (Fsp3) is 0. The molecular weight excluding hydrogens is 232 g/mol. The number of benzene rings is 1. The van der Waals surface area contributed by atoms with Crippen molar-refractivity contribution in [2.45, 2.75) is 0 Å². The van der Waals surface area contributed by atoms with Crippen LogP contribution >= 0.6 is 0 Å². The van der Waals surface area contributed by atoms with Gasteiger partial charge in [0.25, 0.3) is 5.91 Å². The first-order valence-corrected chi connectivity index (χ1v) is 4.54. The van der Waals surface area contributed by atoms with E-state index in [1.54, 1.807) is 0 Å². The van der Waals surface area contributed by atoms with Gasteiger partial charge in [-0.2, -0.15) is 0 Å². The SMILES string of the molecule is Nc1cc(F)cc(C(=O)Nc2ccon2)c1F. The molecule has 2 rings (SSSR count). The number of hydrogen-bond donors (Lipinski definition) is 2. The molecule has 0 saturated carbocycles. The quantitative estimate of drug-likeness (QED) is 0.783. The second-order valence-electron chi connectivity index (χ2n) is 3.20. The molecule has 0 spiro atoms. The average molecular weight is 239 g/mol. The van der Waals surface area contributed by atoms with E-state index < -0.39 is 28.8 Å². The van der Waals surface area contributed by atoms with Gasteiger partial charge in [0.2, 0.25) is 0 Å². The van der Waals surface area contributed by atoms with E-state index >= 15 is 0 Å². The second kappa shape index (κ2) is 4.20. The van der Waals surface area contributed by atoms with Gasteiger partial charge in [-0.15, -0.1) is 0 Å². The molecule has 0 aliphatic heterocycles. The minimum absolute atomic E-state index is 0.0947. The van der Waals surface area contributed by atoms with Gasteiger partial charge < -0.3 is 15.6 Å². The molecule has 0 bridgehead atoms. The lowest BCUT2D eigenvalue weighted by atomic mass is 10.1. The summed E-state index contributed by atoms with van der Waals surface area (Å²) in [5.74, 6) is -2.54. The third-order valence-electron chi connectivity index (χ3n) is 1.99. The number of carbonyl (C=O) groups excluding carboxylic acids is 1. The molecule has 5 nitrogen and oxygen atoms in total. The Labute approximate surface area is 94.2 Å². The van der Waals surface area contributed by atoms with Crippen molar-refractivity contribution in [2.75, 3.05) is 11.1 Å². The Hall–Kier alpha value is -2.44. The molecule has 0 atom stereocenters. The number of amides is 1. The smallest absolute Gasteiger partial charge is 0.260 e. The molecule has 17 heavy (non-hydrogen) atoms. The zero-order valence-electron chi connectivity index (χ0n) is 8.41. The lowest BCUT2D eigenvalue weighted by molar-refractivity contribution is 0.102. The summed E-state index contributed by atoms with van der Waals surface area (Å²) in [6.07, 6.45) is 1.23. The van der Waals surface area contributed by atoms with Gasteiger partial charge in [0.05, 0.1) is 11.3 Å². The highest BCUT2D eigenvalue weighted by atomic mass is 19.1. The number of halogens is 2. The summed E-state index contributed by atoms with van der Waals surface area (Å²) >= 11 is 0. The van der Waals surface area contributed by atoms with Crippen LogP contribution in [-0.4, -0.2) is 11.1 Å². The standard InChI is InChI=1S/C10H7F2N3O2/c11-5-3-6(9(12)7(13)4-5)10(16)14-8-1-2-17-15-8/h1-4H,13H2,(H,14,15,16). The van der Waals surface area contributed by atoms with Crippen molar-refractivity contribution in [1.29, 1.82) is 0 Å². The van der Waals surface area contributed by atoms with Crippen molar-refractivity contribution in [3.63, 3.8) is 0 Å². The van der Waals surface area contributed by atoms with Crippen molar-refractivity contribution < 1.29 is 18.1 Å². The number of hydrogen-bond acceptors (Lipinski definition) is 4. The predicted molar refractivity (Wildman–Crippen MR) is 55.2 cm³/mol. The van der Waals surface area contributed by atoms with E-state index in [1.807, 2.05) is 0 Å². The number of anilines is 2. The zero-order chi connectivity index (χ0) is 12.4. The fourth-order valence-corrected chi connectivity index (χ4v) is 1.24. The van der Waals surface area contributed by atoms with Crippen LogP contribution in [0, 0.1) is 11.6 Å². The molecule has 0 aliphatic carbocycles. The Morgan fingerprint density at radius 1 is 1.41 bits per heavy atom. The molecule has 7 heteroatoms. The summed E-state index contributed by atoms with van der Waals surface area (Å²) in [5.41, 5.74) is 4.27. The van der Waals surface area contributed by atoms with Crippen LogP contribution in [-0.2, 0) is 0 Å². The largest absolute Gasteiger partial charge is 0.396 e. The zero-order valence-corrected chi connectivity index (χ0v) is 8.41. The van der Waals surface area contributed by atoms with Crippen molar-refractivity contribution >= 4 is 17.4 Å². The molecule has 2 aromatic rings. The molecule has 0 saturated heterocycles. The second-order valence-corrected chi connectivity index (χ2v) is 3.20. The maximum atomic E-state index is 13.5. The first kappa shape index (κ1) is 11.1. The Balaban J connectivity index is 2.31. The van der Waals surface area contributed by atoms with Gasteiger partial charge in [-0.1, -0.05) is 5.16 Å². The minimum Gasteiger partial charge on any atom is -0.396 e. The van der Waals surface area contributed by atoms with E-state index in [0.29, 0.717) is 0 Å². The highest BCUT2D eigenvalue weighted by molar-refractivity contribution is 6.04. The summed E-state index contributed by atoms with van der Waals surface area (Å²) in [6.45, 7) is 0. The molecule has 88 valence electrons. The monoisotopic (exact) mass is 239 g/mol. The van der Waals surface area contributed by atoms with E-state index in [4.69, 9.17) is 5.73 Å². The Bertz CT molecular complexity index is 555. The van der Waals surface area contributed by atoms with E-state index in [2.05, 4.69) is 15.0 Å². The lowest BCUT2D eigenvalue weighted by Gasteiger charge is -2.05. The van der Waals surface area contributed by atoms with Gasteiger partial charge in [0.1, 0.15) is 12.1 Å². The van der Waals surface area contributed by atoms with Crippen LogP contribution in [0.5, 0.6) is 0 Å². The van der Waals surface area contributed by atoms with Crippen LogP contribution in [0.25, 0.3) is 0 Å². The van der Waals surface area contributed by atoms with Crippen LogP contribution in [0.15, 0.2) is 29.0 Å². The topological polar surface area (TPSA) is 81.2 Å². The van der Waals surface area contributed by atoms with Crippen LogP contribution in [0.2, 0.25) is 0 Å². The number of nitrogens with zero attached hydrogens (tertiary/aromatic N) is 1. The predicted octanol–water partition coefficient (Wildman–Crippen LogP) is 1.79. The van der Waals surface area contributed by atoms with Gasteiger partial charge in [0, 0.05) is 6.07 Å². The third-order valence-corrected chi connectivity index (χ3v) is 1.99. The van der Waals surface area contributed by atoms with Crippen LogP contribution in [0.4, 0.5) is 20.3 Å². The van der Waals surface area contributed by atoms with E-state index in [-0.39, 0.29) is 5.82 Å². The Morgan fingerprint density at radius 2 is 2.18 bits per heavy atom. The molecule has 0 unspecified atom stereocenters. The van der Waals surface area contributed by atoms with Gasteiger partial charge in [-0.3, -0.25) is 4.79 Å². The first-order valence-electron chi connectivity index (χ1n) is 4.54. The van der Waals surface area contributed by atoms with Gasteiger partial charge in [0.15, 0.2) is 11.6 Å². The number of rotatable bonds is 2. The summed E-state index contributed by atoms with van der Waals surface area (Å²) < 4.78 is 30.9. The van der Waals surface area contributed by atoms with Crippen molar-refractivity contribution in [2.24, 2.45) is 0 Å². The number of nitrogen functional groups attached to an aromatic ring is 1. The van der Waals surface area contributed by atoms with E-state index in [0.717, 1.165) is 12.1 Å². The van der Waals surface area contributed by atoms with Crippen molar-refractivity contribution in [1.82, 2.24) is 5.16 Å². The molecule has 1 aromatic heterocycles. The van der Waals surface area contributed by atoms with E-state index in [1.165, 1.54) is 12.3 Å². The molecule has 0 fully saturated rings. The maximum Gasteiger partial charge on any atom is 0.260 e. The normalized spacial score (nSPS) is 10.2. The lowest BCUT2D eigenvalue weighted by Crippen LogP contribution is -2.15. The highest BCUT2D eigenvalue weighted by Gasteiger charge is 2.16. The molecule has 1 amide bonds. The fourth-order valence-electron chi connectivity index (χ4n) is 1.24. The molecule has 0 aliphatic rings. The van der Waals surface area contributed by atoms with Gasteiger partial charge in [-0.25, -0.2) is 8.78 Å². The summed E-state index contributed by atoms with van der Waals surface area (Å²) in [6, 6.07) is 2.90. The maximum absolute atomic E-state index is 13.5. The Kier molecular flexibility index (Phi) is 2.73. The minimum atomic E-state index is -0.979.